The van der Waals surface area contributed by atoms with Crippen molar-refractivity contribution in [3.05, 3.63) is 28.9 Å². The number of aryl methyl sites for hydroxylation is 1. The van der Waals surface area contributed by atoms with Crippen LogP contribution in [-0.4, -0.2) is 24.4 Å². The number of nitrogens with one attached hydrogen (secondary N) is 2. The molecule has 0 fully saturated rings. The fourth-order valence-electron chi connectivity index (χ4n) is 1.75. The fraction of sp³-hybridized carbons (Fsp3) is 0.308. The molecule has 0 bridgehead atoms. The number of pyridine rings is 1. The smallest absolute Gasteiger partial charge is 0.222 e. The van der Waals surface area contributed by atoms with Crippen molar-refractivity contribution in [2.75, 3.05) is 5.32 Å². The average molecular weight is 241 g/mol. The van der Waals surface area contributed by atoms with E-state index in [0.717, 1.165) is 11.1 Å². The Morgan fingerprint density at radius 2 is 2.00 bits per heavy atom. The molecule has 1 rings (SSSR count). The summed E-state index contributed by atoms with van der Waals surface area (Å²) in [5.41, 5.74) is 3.27. The van der Waals surface area contributed by atoms with E-state index in [-0.39, 0.29) is 5.91 Å². The highest BCUT2D eigenvalue weighted by Crippen LogP contribution is 2.22. The van der Waals surface area contributed by atoms with Gasteiger partial charge in [0, 0.05) is 24.4 Å². The van der Waals surface area contributed by atoms with E-state index >= 15 is 0 Å². The van der Waals surface area contributed by atoms with Gasteiger partial charge in [-0.1, -0.05) is 6.92 Å². The summed E-state index contributed by atoms with van der Waals surface area (Å²) in [5.74, 6) is 0.371. The molecule has 1 aromatic rings. The summed E-state index contributed by atoms with van der Waals surface area (Å²) in [6, 6.07) is 1.86. The number of hydrogen-bond acceptors (Lipinski definition) is 3. The Bertz CT molecular complexity index is 531. The molecule has 1 heterocycles. The summed E-state index contributed by atoms with van der Waals surface area (Å²) in [4.78, 5) is 15.2. The molecule has 0 saturated carbocycles. The maximum Gasteiger partial charge on any atom is 0.222 e. The predicted molar refractivity (Wildman–Crippen MR) is 75.0 cm³/mol. The van der Waals surface area contributed by atoms with Gasteiger partial charge in [-0.2, -0.15) is 0 Å². The SMILES string of the molecule is [B]/C(C)=C(\C(C)=N)c1cnc(NC(C)=O)c(C)c1. The molecule has 0 saturated heterocycles. The minimum Gasteiger partial charge on any atom is -0.311 e. The van der Waals surface area contributed by atoms with Crippen molar-refractivity contribution >= 4 is 30.9 Å². The molecule has 5 heteroatoms. The van der Waals surface area contributed by atoms with E-state index in [9.17, 15) is 4.79 Å². The van der Waals surface area contributed by atoms with Crippen molar-refractivity contribution in [2.45, 2.75) is 27.7 Å². The van der Waals surface area contributed by atoms with E-state index in [1.165, 1.54) is 6.92 Å². The molecule has 0 aliphatic rings. The molecule has 0 atom stereocenters. The van der Waals surface area contributed by atoms with Crippen molar-refractivity contribution < 1.29 is 4.79 Å². The molecular weight excluding hydrogens is 225 g/mol. The second-order valence-electron chi connectivity index (χ2n) is 4.25. The Morgan fingerprint density at radius 1 is 1.39 bits per heavy atom. The fourth-order valence-corrected chi connectivity index (χ4v) is 1.75. The number of anilines is 1. The topological polar surface area (TPSA) is 65.8 Å². The van der Waals surface area contributed by atoms with Crippen LogP contribution >= 0.6 is 0 Å². The molecular formula is C13H16BN3O. The van der Waals surface area contributed by atoms with Crippen LogP contribution in [0.5, 0.6) is 0 Å². The Balaban J connectivity index is 3.23. The van der Waals surface area contributed by atoms with Gasteiger partial charge in [-0.15, -0.1) is 5.47 Å². The van der Waals surface area contributed by atoms with Gasteiger partial charge in [0.05, 0.1) is 0 Å². The first-order valence-electron chi connectivity index (χ1n) is 5.59. The number of aromatic nitrogens is 1. The summed E-state index contributed by atoms with van der Waals surface area (Å²) >= 11 is 0. The molecule has 0 aromatic carbocycles. The highest BCUT2D eigenvalue weighted by molar-refractivity contribution is 6.35. The van der Waals surface area contributed by atoms with E-state index in [4.69, 9.17) is 13.3 Å². The molecule has 0 unspecified atom stereocenters. The van der Waals surface area contributed by atoms with Crippen LogP contribution in [0.15, 0.2) is 17.7 Å². The monoisotopic (exact) mass is 241 g/mol. The molecule has 4 nitrogen and oxygen atoms in total. The third-order valence-corrected chi connectivity index (χ3v) is 2.43. The van der Waals surface area contributed by atoms with Crippen LogP contribution < -0.4 is 5.32 Å². The minimum atomic E-state index is -0.160. The van der Waals surface area contributed by atoms with E-state index < -0.39 is 0 Å². The van der Waals surface area contributed by atoms with Crippen LogP contribution in [-0.2, 0) is 4.79 Å². The summed E-state index contributed by atoms with van der Waals surface area (Å²) in [5, 5.41) is 10.4. The van der Waals surface area contributed by atoms with Crippen molar-refractivity contribution in [3.8, 4) is 0 Å². The van der Waals surface area contributed by atoms with E-state index in [1.54, 1.807) is 20.0 Å². The predicted octanol–water partition coefficient (Wildman–Crippen LogP) is 2.29. The second kappa shape index (κ2) is 5.62. The van der Waals surface area contributed by atoms with E-state index in [0.29, 0.717) is 22.6 Å². The average Bonchev–Trinajstić information content (AvgIpc) is 2.20. The Morgan fingerprint density at radius 3 is 2.39 bits per heavy atom. The molecule has 0 aliphatic heterocycles. The maximum atomic E-state index is 11.0. The van der Waals surface area contributed by atoms with Crippen LogP contribution in [0.25, 0.3) is 5.57 Å². The Kier molecular flexibility index (Phi) is 4.42. The zero-order chi connectivity index (χ0) is 13.9. The van der Waals surface area contributed by atoms with Crippen molar-refractivity contribution in [1.29, 1.82) is 5.41 Å². The van der Waals surface area contributed by atoms with Crippen LogP contribution in [0, 0.1) is 12.3 Å². The lowest BCUT2D eigenvalue weighted by Gasteiger charge is -2.12. The maximum absolute atomic E-state index is 11.0. The first-order chi connectivity index (χ1) is 8.32. The largest absolute Gasteiger partial charge is 0.311 e. The number of rotatable bonds is 3. The lowest BCUT2D eigenvalue weighted by Crippen LogP contribution is -2.09. The molecule has 2 N–H and O–H groups in total. The molecule has 2 radical (unpaired) electrons. The number of amides is 1. The summed E-state index contributed by atoms with van der Waals surface area (Å²) in [6.07, 6.45) is 1.61. The first kappa shape index (κ1) is 14.2. The Hall–Kier alpha value is -1.91. The molecule has 18 heavy (non-hydrogen) atoms. The van der Waals surface area contributed by atoms with Gasteiger partial charge in [0.25, 0.3) is 0 Å². The van der Waals surface area contributed by atoms with Crippen molar-refractivity contribution in [1.82, 2.24) is 4.98 Å². The zero-order valence-corrected chi connectivity index (χ0v) is 11.1. The Labute approximate surface area is 108 Å². The standard InChI is InChI=1S/C13H16BN3O/c1-7-5-11(12(8(2)14)9(3)15)6-16-13(7)17-10(4)18/h5-6,15H,1-4H3,(H,16,17,18)/b12-8+,15-9?. The number of nitrogens with zero attached hydrogens (tertiary/aromatic N) is 1. The number of carbonyl (C=O) groups excluding carboxylic acids is 1. The van der Waals surface area contributed by atoms with E-state index in [2.05, 4.69) is 10.3 Å². The number of carbonyl (C=O) groups is 1. The molecule has 92 valence electrons. The molecule has 0 aliphatic carbocycles. The molecule has 0 spiro atoms. The quantitative estimate of drug-likeness (QED) is 0.629. The van der Waals surface area contributed by atoms with Crippen LogP contribution in [0.1, 0.15) is 31.9 Å². The van der Waals surface area contributed by atoms with Gasteiger partial charge in [-0.05, 0) is 31.1 Å². The van der Waals surface area contributed by atoms with Gasteiger partial charge in [-0.25, -0.2) is 4.98 Å². The number of allylic oxidation sites excluding steroid dienone is 2. The van der Waals surface area contributed by atoms with Crippen LogP contribution in [0.3, 0.4) is 0 Å². The third-order valence-electron chi connectivity index (χ3n) is 2.43. The first-order valence-corrected chi connectivity index (χ1v) is 5.59. The third kappa shape index (κ3) is 3.29. The van der Waals surface area contributed by atoms with Crippen LogP contribution in [0.4, 0.5) is 5.82 Å². The molecule has 1 aromatic heterocycles. The van der Waals surface area contributed by atoms with Crippen molar-refractivity contribution in [3.63, 3.8) is 0 Å². The second-order valence-corrected chi connectivity index (χ2v) is 4.25. The van der Waals surface area contributed by atoms with Crippen LogP contribution in [0.2, 0.25) is 0 Å². The van der Waals surface area contributed by atoms with Crippen molar-refractivity contribution in [2.24, 2.45) is 0 Å². The van der Waals surface area contributed by atoms with Gasteiger partial charge >= 0.3 is 0 Å². The van der Waals surface area contributed by atoms with Gasteiger partial charge < -0.3 is 10.7 Å². The minimum absolute atomic E-state index is 0.160. The summed E-state index contributed by atoms with van der Waals surface area (Å²) in [6.45, 7) is 6.73. The lowest BCUT2D eigenvalue weighted by molar-refractivity contribution is -0.114. The van der Waals surface area contributed by atoms with Gasteiger partial charge in [0.15, 0.2) is 0 Å². The van der Waals surface area contributed by atoms with E-state index in [1.807, 2.05) is 13.0 Å². The zero-order valence-electron chi connectivity index (χ0n) is 11.1. The lowest BCUT2D eigenvalue weighted by atomic mass is 9.86. The normalized spacial score (nSPS) is 11.8. The van der Waals surface area contributed by atoms with Gasteiger partial charge in [-0.3, -0.25) is 4.79 Å². The highest BCUT2D eigenvalue weighted by Gasteiger charge is 2.09. The van der Waals surface area contributed by atoms with Gasteiger partial charge in [0.2, 0.25) is 5.91 Å². The summed E-state index contributed by atoms with van der Waals surface area (Å²) in [7, 11) is 5.78. The number of hydrogen-bond donors (Lipinski definition) is 2. The molecule has 1 amide bonds. The van der Waals surface area contributed by atoms with Gasteiger partial charge in [0.1, 0.15) is 13.7 Å². The summed E-state index contributed by atoms with van der Waals surface area (Å²) < 4.78 is 0. The highest BCUT2D eigenvalue weighted by atomic mass is 16.1.